The molecule has 3 rings (SSSR count). The van der Waals surface area contributed by atoms with E-state index in [2.05, 4.69) is 26.1 Å². The first-order valence-electron chi connectivity index (χ1n) is 12.9. The number of carbonyl (C=O) groups excluding carboxylic acids is 2. The van der Waals surface area contributed by atoms with Crippen molar-refractivity contribution in [1.82, 2.24) is 10.2 Å². The number of para-hydroxylation sites is 1. The van der Waals surface area contributed by atoms with E-state index in [4.69, 9.17) is 4.74 Å². The van der Waals surface area contributed by atoms with Gasteiger partial charge in [0.1, 0.15) is 11.8 Å². The lowest BCUT2D eigenvalue weighted by atomic mass is 9.86. The van der Waals surface area contributed by atoms with Crippen LogP contribution in [0.2, 0.25) is 0 Å². The van der Waals surface area contributed by atoms with E-state index in [1.807, 2.05) is 106 Å². The minimum atomic E-state index is -0.698. The Bertz CT molecular complexity index is 1160. The first-order chi connectivity index (χ1) is 17.4. The summed E-state index contributed by atoms with van der Waals surface area (Å²) in [5, 5.41) is 3.09. The molecule has 196 valence electrons. The van der Waals surface area contributed by atoms with Gasteiger partial charge < -0.3 is 15.0 Å². The van der Waals surface area contributed by atoms with E-state index < -0.39 is 11.6 Å². The van der Waals surface area contributed by atoms with Crippen LogP contribution in [0.5, 0.6) is 5.75 Å². The molecule has 5 heteroatoms. The summed E-state index contributed by atoms with van der Waals surface area (Å²) < 4.78 is 6.10. The molecular formula is C32H40N2O3. The summed E-state index contributed by atoms with van der Waals surface area (Å²) in [6, 6.07) is 26.7. The van der Waals surface area contributed by atoms with Crippen LogP contribution in [0.4, 0.5) is 0 Å². The van der Waals surface area contributed by atoms with Gasteiger partial charge in [-0.25, -0.2) is 0 Å². The van der Waals surface area contributed by atoms with Crippen molar-refractivity contribution in [2.24, 2.45) is 0 Å². The van der Waals surface area contributed by atoms with Crippen LogP contribution in [0.1, 0.15) is 58.2 Å². The number of benzene rings is 3. The molecule has 0 saturated heterocycles. The van der Waals surface area contributed by atoms with E-state index in [9.17, 15) is 9.59 Å². The monoisotopic (exact) mass is 500 g/mol. The Hall–Kier alpha value is -3.60. The van der Waals surface area contributed by atoms with Gasteiger partial charge in [0.15, 0.2) is 6.61 Å². The Labute approximate surface area is 221 Å². The quantitative estimate of drug-likeness (QED) is 0.397. The van der Waals surface area contributed by atoms with E-state index >= 15 is 0 Å². The molecule has 0 saturated carbocycles. The maximum absolute atomic E-state index is 13.8. The summed E-state index contributed by atoms with van der Waals surface area (Å²) in [4.78, 5) is 29.1. The van der Waals surface area contributed by atoms with Gasteiger partial charge in [-0.2, -0.15) is 0 Å². The van der Waals surface area contributed by atoms with Gasteiger partial charge in [0, 0.05) is 18.5 Å². The number of amides is 2. The molecule has 1 N–H and O–H groups in total. The topological polar surface area (TPSA) is 58.6 Å². The van der Waals surface area contributed by atoms with E-state index in [-0.39, 0.29) is 23.8 Å². The van der Waals surface area contributed by atoms with Gasteiger partial charge in [-0.05, 0) is 48.9 Å². The average molecular weight is 501 g/mol. The predicted octanol–water partition coefficient (Wildman–Crippen LogP) is 5.92. The number of ether oxygens (including phenoxy) is 1. The van der Waals surface area contributed by atoms with Crippen LogP contribution in [-0.2, 0) is 28.0 Å². The fraction of sp³-hybridized carbons (Fsp3) is 0.375. The van der Waals surface area contributed by atoms with E-state index in [1.54, 1.807) is 4.90 Å². The van der Waals surface area contributed by atoms with Gasteiger partial charge in [-0.1, -0.05) is 99.6 Å². The summed E-state index contributed by atoms with van der Waals surface area (Å²) in [6.07, 6.45) is 0.403. The van der Waals surface area contributed by atoms with Crippen molar-refractivity contribution in [1.29, 1.82) is 0 Å². The maximum Gasteiger partial charge on any atom is 0.261 e. The van der Waals surface area contributed by atoms with Crippen molar-refractivity contribution in [3.63, 3.8) is 0 Å². The minimum Gasteiger partial charge on any atom is -0.483 e. The smallest absolute Gasteiger partial charge is 0.261 e. The summed E-state index contributed by atoms with van der Waals surface area (Å²) in [7, 11) is 0. The first kappa shape index (κ1) is 28.0. The highest BCUT2D eigenvalue weighted by atomic mass is 16.5. The van der Waals surface area contributed by atoms with Gasteiger partial charge in [-0.3, -0.25) is 9.59 Å². The van der Waals surface area contributed by atoms with Crippen LogP contribution >= 0.6 is 0 Å². The lowest BCUT2D eigenvalue weighted by molar-refractivity contribution is -0.143. The molecule has 3 aromatic rings. The molecule has 5 nitrogen and oxygen atoms in total. The predicted molar refractivity (Wildman–Crippen MR) is 149 cm³/mol. The van der Waals surface area contributed by atoms with Crippen molar-refractivity contribution in [3.05, 3.63) is 102 Å². The Morgan fingerprint density at radius 1 is 0.784 bits per heavy atom. The van der Waals surface area contributed by atoms with E-state index in [0.717, 1.165) is 16.7 Å². The number of hydrogen-bond donors (Lipinski definition) is 1. The van der Waals surface area contributed by atoms with Crippen LogP contribution in [0.15, 0.2) is 84.9 Å². The van der Waals surface area contributed by atoms with Crippen molar-refractivity contribution < 1.29 is 14.3 Å². The Morgan fingerprint density at radius 2 is 1.32 bits per heavy atom. The Balaban J connectivity index is 1.94. The molecule has 0 aliphatic carbocycles. The van der Waals surface area contributed by atoms with Gasteiger partial charge in [-0.15, -0.1) is 0 Å². The molecule has 0 bridgehead atoms. The highest BCUT2D eigenvalue weighted by Crippen LogP contribution is 2.31. The number of carbonyl (C=O) groups is 2. The normalized spacial score (nSPS) is 12.5. The molecule has 37 heavy (non-hydrogen) atoms. The molecule has 0 spiro atoms. The maximum atomic E-state index is 13.8. The number of nitrogens with zero attached hydrogens (tertiary/aromatic N) is 1. The summed E-state index contributed by atoms with van der Waals surface area (Å²) in [5.41, 5.74) is 2.40. The van der Waals surface area contributed by atoms with E-state index in [1.165, 1.54) is 0 Å². The van der Waals surface area contributed by atoms with Crippen LogP contribution in [0.25, 0.3) is 0 Å². The Kier molecular flexibility index (Phi) is 9.14. The second-order valence-corrected chi connectivity index (χ2v) is 11.5. The average Bonchev–Trinajstić information content (AvgIpc) is 2.84. The minimum absolute atomic E-state index is 0.133. The highest BCUT2D eigenvalue weighted by Gasteiger charge is 2.32. The highest BCUT2D eigenvalue weighted by molar-refractivity contribution is 5.89. The third-order valence-electron chi connectivity index (χ3n) is 6.01. The van der Waals surface area contributed by atoms with Crippen LogP contribution in [0, 0.1) is 0 Å². The zero-order valence-corrected chi connectivity index (χ0v) is 23.0. The number of nitrogens with one attached hydrogen (secondary N) is 1. The third-order valence-corrected chi connectivity index (χ3v) is 6.01. The second-order valence-electron chi connectivity index (χ2n) is 11.5. The molecule has 0 aliphatic rings. The van der Waals surface area contributed by atoms with Crippen molar-refractivity contribution in [2.45, 2.75) is 71.5 Å². The van der Waals surface area contributed by atoms with Gasteiger partial charge in [0.2, 0.25) is 5.91 Å². The van der Waals surface area contributed by atoms with Gasteiger partial charge in [0.05, 0.1) is 0 Å². The largest absolute Gasteiger partial charge is 0.483 e. The van der Waals surface area contributed by atoms with Crippen LogP contribution < -0.4 is 10.1 Å². The standard InChI is InChI=1S/C32H40N2O3/c1-31(2,3)26-19-13-14-20-28(26)37-23-29(35)34(22-25-17-11-8-12-18-25)27(30(36)33-32(4,5)6)21-24-15-9-7-10-16-24/h7-20,27H,21-23H2,1-6H3,(H,33,36)/t27-/m1/s1. The fourth-order valence-electron chi connectivity index (χ4n) is 4.22. The summed E-state index contributed by atoms with van der Waals surface area (Å²) >= 11 is 0. The molecule has 0 heterocycles. The lowest BCUT2D eigenvalue weighted by Gasteiger charge is -2.34. The molecule has 0 aliphatic heterocycles. The van der Waals surface area contributed by atoms with Crippen molar-refractivity contribution in [3.8, 4) is 5.75 Å². The summed E-state index contributed by atoms with van der Waals surface area (Å²) in [5.74, 6) is 0.259. The zero-order chi connectivity index (χ0) is 27.1. The molecule has 3 aromatic carbocycles. The van der Waals surface area contributed by atoms with Crippen LogP contribution in [0.3, 0.4) is 0 Å². The molecular weight excluding hydrogens is 460 g/mol. The molecule has 2 amide bonds. The van der Waals surface area contributed by atoms with E-state index in [0.29, 0.717) is 18.7 Å². The Morgan fingerprint density at radius 3 is 1.89 bits per heavy atom. The lowest BCUT2D eigenvalue weighted by Crippen LogP contribution is -2.55. The first-order valence-corrected chi connectivity index (χ1v) is 12.9. The molecule has 0 fully saturated rings. The second kappa shape index (κ2) is 12.1. The molecule has 0 radical (unpaired) electrons. The molecule has 0 aromatic heterocycles. The fourth-order valence-corrected chi connectivity index (χ4v) is 4.22. The third kappa shape index (κ3) is 8.49. The van der Waals surface area contributed by atoms with Crippen molar-refractivity contribution >= 4 is 11.8 Å². The number of hydrogen-bond acceptors (Lipinski definition) is 3. The van der Waals surface area contributed by atoms with Crippen molar-refractivity contribution in [2.75, 3.05) is 6.61 Å². The van der Waals surface area contributed by atoms with Crippen LogP contribution in [-0.4, -0.2) is 34.9 Å². The van der Waals surface area contributed by atoms with Gasteiger partial charge in [0.25, 0.3) is 5.91 Å². The SMILES string of the molecule is CC(C)(C)NC(=O)[C@@H](Cc1ccccc1)N(Cc1ccccc1)C(=O)COc1ccccc1C(C)(C)C. The zero-order valence-electron chi connectivity index (χ0n) is 23.0. The molecule has 1 atom stereocenters. The van der Waals surface area contributed by atoms with Gasteiger partial charge >= 0.3 is 0 Å². The molecule has 0 unspecified atom stereocenters. The summed E-state index contributed by atoms with van der Waals surface area (Å²) in [6.45, 7) is 12.3. The number of rotatable bonds is 9.